The second-order valence-electron chi connectivity index (χ2n) is 6.96. The van der Waals surface area contributed by atoms with Gasteiger partial charge in [0.15, 0.2) is 0 Å². The molecule has 0 bridgehead atoms. The quantitative estimate of drug-likeness (QED) is 0.475. The van der Waals surface area contributed by atoms with Crippen LogP contribution in [0.15, 0.2) is 11.6 Å². The minimum atomic E-state index is 0.0288. The van der Waals surface area contributed by atoms with Crippen molar-refractivity contribution in [2.45, 2.75) is 46.5 Å². The third-order valence-electron chi connectivity index (χ3n) is 5.54. The second-order valence-corrected chi connectivity index (χ2v) is 6.96. The van der Waals surface area contributed by atoms with Crippen molar-refractivity contribution in [1.82, 2.24) is 0 Å². The minimum Gasteiger partial charge on any atom is -0.461 e. The Morgan fingerprint density at radius 1 is 1.29 bits per heavy atom. The second kappa shape index (κ2) is 3.37. The molecule has 1 saturated carbocycles. The molecule has 2 aliphatic carbocycles. The molecule has 3 aliphatic rings. The van der Waals surface area contributed by atoms with Gasteiger partial charge in [-0.1, -0.05) is 33.3 Å². The normalized spacial score (nSPS) is 43.5. The molecule has 94 valence electrons. The molecule has 0 radical (unpaired) electrons. The topological polar surface area (TPSA) is 26.3 Å². The van der Waals surface area contributed by atoms with Gasteiger partial charge >= 0.3 is 5.97 Å². The van der Waals surface area contributed by atoms with E-state index in [9.17, 15) is 4.79 Å². The van der Waals surface area contributed by atoms with Crippen molar-refractivity contribution < 1.29 is 9.53 Å². The molecule has 0 aromatic heterocycles. The number of ether oxygens (including phenoxy) is 1. The van der Waals surface area contributed by atoms with Gasteiger partial charge in [0.1, 0.15) is 6.61 Å². The van der Waals surface area contributed by atoms with E-state index in [1.165, 1.54) is 24.8 Å². The fourth-order valence-corrected chi connectivity index (χ4v) is 4.71. The number of esters is 1. The molecule has 0 N–H and O–H groups in total. The average molecular weight is 234 g/mol. The van der Waals surface area contributed by atoms with Gasteiger partial charge in [-0.15, -0.1) is 0 Å². The van der Waals surface area contributed by atoms with Gasteiger partial charge in [-0.3, -0.25) is 4.79 Å². The Balaban J connectivity index is 2.05. The first-order chi connectivity index (χ1) is 7.95. The van der Waals surface area contributed by atoms with Crippen LogP contribution in [0, 0.1) is 22.7 Å². The van der Waals surface area contributed by atoms with Crippen molar-refractivity contribution in [3.8, 4) is 0 Å². The highest BCUT2D eigenvalue weighted by atomic mass is 16.5. The van der Waals surface area contributed by atoms with Gasteiger partial charge in [-0.2, -0.15) is 0 Å². The van der Waals surface area contributed by atoms with Crippen LogP contribution in [0.1, 0.15) is 46.5 Å². The molecule has 0 aromatic carbocycles. The van der Waals surface area contributed by atoms with E-state index in [2.05, 4.69) is 26.8 Å². The number of hydrogen-bond donors (Lipinski definition) is 0. The molecule has 2 heteroatoms. The SMILES string of the molecule is CC1(C)CCC[C@]2(C)[C@H]3C(=O)OCC3=CC[C@H]12. The molecule has 0 spiro atoms. The molecule has 1 heterocycles. The van der Waals surface area contributed by atoms with Crippen LogP contribution in [0.5, 0.6) is 0 Å². The molecule has 1 aliphatic heterocycles. The Bertz CT molecular complexity index is 394. The Hall–Kier alpha value is -0.790. The van der Waals surface area contributed by atoms with Gasteiger partial charge in [0.2, 0.25) is 0 Å². The Morgan fingerprint density at radius 3 is 2.82 bits per heavy atom. The summed E-state index contributed by atoms with van der Waals surface area (Å²) in [6, 6.07) is 0. The maximum atomic E-state index is 12.0. The summed E-state index contributed by atoms with van der Waals surface area (Å²) in [5, 5.41) is 0. The predicted octanol–water partition coefficient (Wildman–Crippen LogP) is 3.32. The van der Waals surface area contributed by atoms with E-state index >= 15 is 0 Å². The fourth-order valence-electron chi connectivity index (χ4n) is 4.71. The number of rotatable bonds is 0. The third kappa shape index (κ3) is 1.42. The zero-order valence-electron chi connectivity index (χ0n) is 11.1. The average Bonchev–Trinajstić information content (AvgIpc) is 2.60. The van der Waals surface area contributed by atoms with Gasteiger partial charge < -0.3 is 4.74 Å². The van der Waals surface area contributed by atoms with Gasteiger partial charge in [-0.25, -0.2) is 0 Å². The lowest BCUT2D eigenvalue weighted by molar-refractivity contribution is -0.148. The van der Waals surface area contributed by atoms with Crippen LogP contribution >= 0.6 is 0 Å². The standard InChI is InChI=1S/C15H22O2/c1-14(2)7-4-8-15(3)11(14)6-5-10-9-17-13(16)12(10)15/h5,11-12H,4,6-9H2,1-3H3/t11-,12-,15+/m1/s1. The molecule has 3 rings (SSSR count). The van der Waals surface area contributed by atoms with Crippen molar-refractivity contribution >= 4 is 5.97 Å². The van der Waals surface area contributed by atoms with Crippen molar-refractivity contribution in [1.29, 1.82) is 0 Å². The van der Waals surface area contributed by atoms with E-state index < -0.39 is 0 Å². The monoisotopic (exact) mass is 234 g/mol. The summed E-state index contributed by atoms with van der Waals surface area (Å²) in [4.78, 5) is 12.0. The van der Waals surface area contributed by atoms with Crippen LogP contribution in [-0.2, 0) is 9.53 Å². The molecule has 2 fully saturated rings. The summed E-state index contributed by atoms with van der Waals surface area (Å²) in [5.41, 5.74) is 1.75. The molecule has 3 atom stereocenters. The van der Waals surface area contributed by atoms with E-state index in [4.69, 9.17) is 4.74 Å². The zero-order valence-corrected chi connectivity index (χ0v) is 11.1. The zero-order chi connectivity index (χ0) is 12.3. The lowest BCUT2D eigenvalue weighted by atomic mass is 9.49. The van der Waals surface area contributed by atoms with Crippen LogP contribution in [0.25, 0.3) is 0 Å². The predicted molar refractivity (Wildman–Crippen MR) is 66.4 cm³/mol. The van der Waals surface area contributed by atoms with Gasteiger partial charge in [-0.05, 0) is 41.6 Å². The lowest BCUT2D eigenvalue weighted by Crippen LogP contribution is -2.49. The maximum absolute atomic E-state index is 12.0. The third-order valence-corrected chi connectivity index (χ3v) is 5.54. The summed E-state index contributed by atoms with van der Waals surface area (Å²) >= 11 is 0. The van der Waals surface area contributed by atoms with Crippen LogP contribution in [-0.4, -0.2) is 12.6 Å². The summed E-state index contributed by atoms with van der Waals surface area (Å²) in [7, 11) is 0. The summed E-state index contributed by atoms with van der Waals surface area (Å²) in [5.74, 6) is 0.713. The molecular formula is C15H22O2. The first kappa shape index (κ1) is 11.3. The Kier molecular flexibility index (Phi) is 2.24. The summed E-state index contributed by atoms with van der Waals surface area (Å²) in [6.45, 7) is 7.61. The summed E-state index contributed by atoms with van der Waals surface area (Å²) in [6.07, 6.45) is 7.13. The van der Waals surface area contributed by atoms with Gasteiger partial charge in [0, 0.05) is 0 Å². The van der Waals surface area contributed by atoms with E-state index in [-0.39, 0.29) is 17.3 Å². The minimum absolute atomic E-state index is 0.0288. The highest BCUT2D eigenvalue weighted by molar-refractivity contribution is 5.80. The Labute approximate surface area is 103 Å². The molecule has 1 saturated heterocycles. The van der Waals surface area contributed by atoms with E-state index in [1.807, 2.05) is 0 Å². The van der Waals surface area contributed by atoms with Crippen LogP contribution in [0.2, 0.25) is 0 Å². The van der Waals surface area contributed by atoms with Crippen LogP contribution in [0.4, 0.5) is 0 Å². The molecule has 2 nitrogen and oxygen atoms in total. The molecule has 0 amide bonds. The van der Waals surface area contributed by atoms with Crippen molar-refractivity contribution in [3.63, 3.8) is 0 Å². The van der Waals surface area contributed by atoms with E-state index in [0.717, 1.165) is 6.42 Å². The number of cyclic esters (lactones) is 1. The number of fused-ring (bicyclic) bond motifs is 3. The van der Waals surface area contributed by atoms with E-state index in [1.54, 1.807) is 0 Å². The van der Waals surface area contributed by atoms with Gasteiger partial charge in [0.05, 0.1) is 5.92 Å². The molecule has 0 unspecified atom stereocenters. The lowest BCUT2D eigenvalue weighted by Gasteiger charge is -2.54. The first-order valence-electron chi connectivity index (χ1n) is 6.81. The number of hydrogen-bond acceptors (Lipinski definition) is 2. The van der Waals surface area contributed by atoms with E-state index in [0.29, 0.717) is 17.9 Å². The molecule has 0 aromatic rings. The van der Waals surface area contributed by atoms with Crippen molar-refractivity contribution in [2.24, 2.45) is 22.7 Å². The summed E-state index contributed by atoms with van der Waals surface area (Å²) < 4.78 is 5.28. The fraction of sp³-hybridized carbons (Fsp3) is 0.800. The number of carbonyl (C=O) groups excluding carboxylic acids is 1. The number of carbonyl (C=O) groups is 1. The molecular weight excluding hydrogens is 212 g/mol. The number of allylic oxidation sites excluding steroid dienone is 1. The molecule has 17 heavy (non-hydrogen) atoms. The smallest absolute Gasteiger partial charge is 0.314 e. The Morgan fingerprint density at radius 2 is 2.06 bits per heavy atom. The van der Waals surface area contributed by atoms with Crippen molar-refractivity contribution in [3.05, 3.63) is 11.6 Å². The highest BCUT2D eigenvalue weighted by Crippen LogP contribution is 2.60. The first-order valence-corrected chi connectivity index (χ1v) is 6.81. The largest absolute Gasteiger partial charge is 0.461 e. The van der Waals surface area contributed by atoms with Crippen LogP contribution in [0.3, 0.4) is 0 Å². The van der Waals surface area contributed by atoms with Crippen molar-refractivity contribution in [2.75, 3.05) is 6.61 Å². The van der Waals surface area contributed by atoms with Crippen LogP contribution < -0.4 is 0 Å². The maximum Gasteiger partial charge on any atom is 0.314 e. The highest BCUT2D eigenvalue weighted by Gasteiger charge is 2.57. The van der Waals surface area contributed by atoms with Gasteiger partial charge in [0.25, 0.3) is 0 Å².